The molecule has 2 rings (SSSR count). The number of nitriles is 1. The standard InChI is InChI=1S/C15H20N4O/c1-11-3-4-13(10-16)9-14(11)18-15(20)12(2)19-7-5-17-6-8-19/h3-4,9,12,17H,5-8H2,1-2H3,(H,18,20). The fourth-order valence-electron chi connectivity index (χ4n) is 2.30. The first kappa shape index (κ1) is 14.5. The second-order valence-corrected chi connectivity index (χ2v) is 5.09. The summed E-state index contributed by atoms with van der Waals surface area (Å²) in [5.74, 6) is -0.0231. The van der Waals surface area contributed by atoms with Gasteiger partial charge in [-0.05, 0) is 31.5 Å². The third kappa shape index (κ3) is 3.35. The molecule has 0 aromatic heterocycles. The van der Waals surface area contributed by atoms with E-state index in [9.17, 15) is 4.79 Å². The number of hydrogen-bond donors (Lipinski definition) is 2. The van der Waals surface area contributed by atoms with Crippen molar-refractivity contribution in [1.29, 1.82) is 5.26 Å². The molecule has 0 spiro atoms. The first-order chi connectivity index (χ1) is 9.61. The Kier molecular flexibility index (Phi) is 4.72. The monoisotopic (exact) mass is 272 g/mol. The minimum Gasteiger partial charge on any atom is -0.324 e. The van der Waals surface area contributed by atoms with Crippen molar-refractivity contribution in [2.75, 3.05) is 31.5 Å². The number of carbonyl (C=O) groups excluding carboxylic acids is 1. The highest BCUT2D eigenvalue weighted by molar-refractivity contribution is 5.95. The summed E-state index contributed by atoms with van der Waals surface area (Å²) in [6.45, 7) is 7.44. The molecule has 1 amide bonds. The van der Waals surface area contributed by atoms with Crippen LogP contribution in [0.2, 0.25) is 0 Å². The van der Waals surface area contributed by atoms with Gasteiger partial charge in [-0.15, -0.1) is 0 Å². The molecule has 1 saturated heterocycles. The van der Waals surface area contributed by atoms with Crippen LogP contribution in [0, 0.1) is 18.3 Å². The average molecular weight is 272 g/mol. The summed E-state index contributed by atoms with van der Waals surface area (Å²) in [5, 5.41) is 15.1. The summed E-state index contributed by atoms with van der Waals surface area (Å²) in [7, 11) is 0. The van der Waals surface area contributed by atoms with E-state index in [0.29, 0.717) is 5.56 Å². The van der Waals surface area contributed by atoms with Gasteiger partial charge in [-0.2, -0.15) is 5.26 Å². The summed E-state index contributed by atoms with van der Waals surface area (Å²) in [5.41, 5.74) is 2.24. The molecule has 0 bridgehead atoms. The van der Waals surface area contributed by atoms with Gasteiger partial charge in [-0.25, -0.2) is 0 Å². The van der Waals surface area contributed by atoms with E-state index in [2.05, 4.69) is 21.6 Å². The van der Waals surface area contributed by atoms with Crippen molar-refractivity contribution in [2.45, 2.75) is 19.9 Å². The second-order valence-electron chi connectivity index (χ2n) is 5.09. The molecule has 5 heteroatoms. The van der Waals surface area contributed by atoms with Gasteiger partial charge < -0.3 is 10.6 Å². The van der Waals surface area contributed by atoms with E-state index < -0.39 is 0 Å². The Morgan fingerprint density at radius 1 is 1.45 bits per heavy atom. The Balaban J connectivity index is 2.05. The van der Waals surface area contributed by atoms with Crippen molar-refractivity contribution in [2.24, 2.45) is 0 Å². The summed E-state index contributed by atoms with van der Waals surface area (Å²) in [4.78, 5) is 14.5. The highest BCUT2D eigenvalue weighted by atomic mass is 16.2. The van der Waals surface area contributed by atoms with Gasteiger partial charge in [0.05, 0.1) is 17.7 Å². The number of rotatable bonds is 3. The van der Waals surface area contributed by atoms with Crippen LogP contribution in [0.4, 0.5) is 5.69 Å². The predicted octanol–water partition coefficient (Wildman–Crippen LogP) is 1.10. The van der Waals surface area contributed by atoms with E-state index in [1.165, 1.54) is 0 Å². The lowest BCUT2D eigenvalue weighted by Gasteiger charge is -2.31. The van der Waals surface area contributed by atoms with Crippen molar-refractivity contribution < 1.29 is 4.79 Å². The molecule has 2 N–H and O–H groups in total. The molecular formula is C15H20N4O. The highest BCUT2D eigenvalue weighted by Crippen LogP contribution is 2.17. The van der Waals surface area contributed by atoms with Gasteiger partial charge in [0.15, 0.2) is 0 Å². The number of carbonyl (C=O) groups is 1. The maximum absolute atomic E-state index is 12.3. The lowest BCUT2D eigenvalue weighted by molar-refractivity contribution is -0.120. The molecule has 1 aromatic rings. The van der Waals surface area contributed by atoms with Gasteiger partial charge in [0.2, 0.25) is 5.91 Å². The minimum absolute atomic E-state index is 0.0231. The first-order valence-corrected chi connectivity index (χ1v) is 6.88. The molecule has 1 aliphatic heterocycles. The van der Waals surface area contributed by atoms with Crippen molar-refractivity contribution in [3.63, 3.8) is 0 Å². The van der Waals surface area contributed by atoms with Gasteiger partial charge in [0.25, 0.3) is 0 Å². The molecule has 0 aliphatic carbocycles. The van der Waals surface area contributed by atoms with Crippen LogP contribution in [0.25, 0.3) is 0 Å². The van der Waals surface area contributed by atoms with Crippen molar-refractivity contribution in [3.05, 3.63) is 29.3 Å². The number of amides is 1. The number of anilines is 1. The first-order valence-electron chi connectivity index (χ1n) is 6.88. The fourth-order valence-corrected chi connectivity index (χ4v) is 2.30. The van der Waals surface area contributed by atoms with Crippen LogP contribution in [0.5, 0.6) is 0 Å². The smallest absolute Gasteiger partial charge is 0.241 e. The summed E-state index contributed by atoms with van der Waals surface area (Å²) in [6.07, 6.45) is 0. The molecule has 0 saturated carbocycles. The van der Waals surface area contributed by atoms with Crippen LogP contribution in [0.3, 0.4) is 0 Å². The van der Waals surface area contributed by atoms with Crippen LogP contribution >= 0.6 is 0 Å². The Labute approximate surface area is 119 Å². The molecule has 1 atom stereocenters. The molecule has 1 aliphatic rings. The highest BCUT2D eigenvalue weighted by Gasteiger charge is 2.22. The van der Waals surface area contributed by atoms with E-state index in [4.69, 9.17) is 5.26 Å². The summed E-state index contributed by atoms with van der Waals surface area (Å²) in [6, 6.07) is 7.25. The van der Waals surface area contributed by atoms with Crippen molar-refractivity contribution in [3.8, 4) is 6.07 Å². The molecule has 5 nitrogen and oxygen atoms in total. The number of piperazine rings is 1. The molecule has 1 fully saturated rings. The van der Waals surface area contributed by atoms with E-state index in [1.54, 1.807) is 12.1 Å². The van der Waals surface area contributed by atoms with Crippen LogP contribution < -0.4 is 10.6 Å². The molecule has 1 heterocycles. The lowest BCUT2D eigenvalue weighted by atomic mass is 10.1. The SMILES string of the molecule is Cc1ccc(C#N)cc1NC(=O)C(C)N1CCNCC1. The second kappa shape index (κ2) is 6.51. The zero-order chi connectivity index (χ0) is 14.5. The van der Waals surface area contributed by atoms with Crippen LogP contribution in [0.1, 0.15) is 18.1 Å². The van der Waals surface area contributed by atoms with Gasteiger partial charge >= 0.3 is 0 Å². The van der Waals surface area contributed by atoms with Gasteiger partial charge in [0.1, 0.15) is 0 Å². The lowest BCUT2D eigenvalue weighted by Crippen LogP contribution is -2.51. The Morgan fingerprint density at radius 3 is 2.80 bits per heavy atom. The molecule has 20 heavy (non-hydrogen) atoms. The molecule has 106 valence electrons. The average Bonchev–Trinajstić information content (AvgIpc) is 2.49. The maximum Gasteiger partial charge on any atom is 0.241 e. The van der Waals surface area contributed by atoms with Crippen LogP contribution in [-0.2, 0) is 4.79 Å². The van der Waals surface area contributed by atoms with E-state index in [1.807, 2.05) is 19.9 Å². The minimum atomic E-state index is -0.165. The van der Waals surface area contributed by atoms with Crippen molar-refractivity contribution >= 4 is 11.6 Å². The van der Waals surface area contributed by atoms with Gasteiger partial charge in [-0.1, -0.05) is 6.07 Å². The molecule has 0 radical (unpaired) electrons. The zero-order valence-electron chi connectivity index (χ0n) is 11.9. The number of benzene rings is 1. The maximum atomic E-state index is 12.3. The molecule has 1 aromatic carbocycles. The quantitative estimate of drug-likeness (QED) is 0.864. The number of hydrogen-bond acceptors (Lipinski definition) is 4. The van der Waals surface area contributed by atoms with Gasteiger partial charge in [0, 0.05) is 31.9 Å². The Bertz CT molecular complexity index is 529. The molecule has 1 unspecified atom stereocenters. The van der Waals surface area contributed by atoms with Crippen LogP contribution in [-0.4, -0.2) is 43.0 Å². The number of nitrogens with one attached hydrogen (secondary N) is 2. The summed E-state index contributed by atoms with van der Waals surface area (Å²) >= 11 is 0. The van der Waals surface area contributed by atoms with Gasteiger partial charge in [-0.3, -0.25) is 9.69 Å². The largest absolute Gasteiger partial charge is 0.324 e. The number of aryl methyl sites for hydroxylation is 1. The third-order valence-corrected chi connectivity index (χ3v) is 3.70. The Morgan fingerprint density at radius 2 is 2.15 bits per heavy atom. The summed E-state index contributed by atoms with van der Waals surface area (Å²) < 4.78 is 0. The van der Waals surface area contributed by atoms with Crippen LogP contribution in [0.15, 0.2) is 18.2 Å². The topological polar surface area (TPSA) is 68.2 Å². The fraction of sp³-hybridized carbons (Fsp3) is 0.467. The van der Waals surface area contributed by atoms with Crippen molar-refractivity contribution in [1.82, 2.24) is 10.2 Å². The number of nitrogens with zero attached hydrogens (tertiary/aromatic N) is 2. The third-order valence-electron chi connectivity index (χ3n) is 3.70. The van der Waals surface area contributed by atoms with E-state index in [-0.39, 0.29) is 11.9 Å². The zero-order valence-corrected chi connectivity index (χ0v) is 11.9. The van der Waals surface area contributed by atoms with E-state index in [0.717, 1.165) is 37.4 Å². The predicted molar refractivity (Wildman–Crippen MR) is 78.4 cm³/mol. The Hall–Kier alpha value is -1.90. The van der Waals surface area contributed by atoms with E-state index >= 15 is 0 Å². The molecular weight excluding hydrogens is 252 g/mol. The normalized spacial score (nSPS) is 17.2.